The number of rotatable bonds is 12. The molecule has 0 spiro atoms. The number of nitrogens with one attached hydrogen (secondary N) is 2. The Hall–Kier alpha value is -4.65. The minimum atomic E-state index is -4.50. The Labute approximate surface area is 248 Å². The number of amides is 2. The number of carbonyl (C=O) groups excluding carboxylic acids is 2. The number of nitrogens with zero attached hydrogens (tertiary/aromatic N) is 3. The van der Waals surface area contributed by atoms with Crippen LogP contribution in [-0.2, 0) is 4.79 Å². The molecular formula is C33H34F3N5O2. The molecule has 3 aromatic carbocycles. The molecule has 0 bridgehead atoms. The summed E-state index contributed by atoms with van der Waals surface area (Å²) in [6.07, 6.45) is 0.939. The third-order valence-corrected chi connectivity index (χ3v) is 7.40. The largest absolute Gasteiger partial charge is 0.405 e. The number of urea groups is 1. The number of halogens is 3. The molecule has 2 amide bonds. The van der Waals surface area contributed by atoms with Crippen molar-refractivity contribution in [2.24, 2.45) is 5.92 Å². The highest BCUT2D eigenvalue weighted by atomic mass is 19.4. The zero-order valence-electron chi connectivity index (χ0n) is 24.1. The van der Waals surface area contributed by atoms with Crippen molar-refractivity contribution in [3.63, 3.8) is 0 Å². The van der Waals surface area contributed by atoms with Crippen molar-refractivity contribution < 1.29 is 22.8 Å². The van der Waals surface area contributed by atoms with Crippen molar-refractivity contribution in [1.29, 1.82) is 5.26 Å². The fourth-order valence-electron chi connectivity index (χ4n) is 5.00. The maximum Gasteiger partial charge on any atom is 0.405 e. The topological polar surface area (TPSA) is 99.8 Å². The lowest BCUT2D eigenvalue weighted by atomic mass is 9.90. The van der Waals surface area contributed by atoms with Gasteiger partial charge in [-0.3, -0.25) is 9.36 Å². The van der Waals surface area contributed by atoms with E-state index >= 15 is 0 Å². The summed E-state index contributed by atoms with van der Waals surface area (Å²) < 4.78 is 39.0. The molecule has 0 radical (unpaired) electrons. The Kier molecular flexibility index (Phi) is 10.2. The van der Waals surface area contributed by atoms with Gasteiger partial charge in [0, 0.05) is 29.6 Å². The van der Waals surface area contributed by atoms with E-state index in [-0.39, 0.29) is 17.6 Å². The van der Waals surface area contributed by atoms with Crippen molar-refractivity contribution in [3.8, 4) is 22.9 Å². The van der Waals surface area contributed by atoms with Crippen molar-refractivity contribution >= 4 is 28.5 Å². The summed E-state index contributed by atoms with van der Waals surface area (Å²) in [5, 5.41) is 13.4. The number of ketones is 1. The average Bonchev–Trinajstić information content (AvgIpc) is 3.42. The number of anilines is 1. The third kappa shape index (κ3) is 8.44. The molecule has 7 nitrogen and oxygen atoms in total. The number of nitriles is 1. The van der Waals surface area contributed by atoms with Gasteiger partial charge in [-0.25, -0.2) is 9.78 Å². The zero-order chi connectivity index (χ0) is 31.0. The second-order valence-corrected chi connectivity index (χ2v) is 10.6. The van der Waals surface area contributed by atoms with Gasteiger partial charge in [-0.2, -0.15) is 18.4 Å². The van der Waals surface area contributed by atoms with E-state index in [0.29, 0.717) is 17.8 Å². The molecule has 1 heterocycles. The molecule has 0 saturated heterocycles. The molecule has 0 saturated carbocycles. The van der Waals surface area contributed by atoms with Crippen LogP contribution in [0.5, 0.6) is 0 Å². The van der Waals surface area contributed by atoms with Gasteiger partial charge in [-0.05, 0) is 66.3 Å². The van der Waals surface area contributed by atoms with Gasteiger partial charge >= 0.3 is 12.2 Å². The summed E-state index contributed by atoms with van der Waals surface area (Å²) in [6.45, 7) is 2.56. The first-order chi connectivity index (χ1) is 20.6. The second kappa shape index (κ2) is 14.0. The van der Waals surface area contributed by atoms with Gasteiger partial charge in [0.25, 0.3) is 0 Å². The van der Waals surface area contributed by atoms with Gasteiger partial charge in [-0.15, -0.1) is 0 Å². The fourth-order valence-corrected chi connectivity index (χ4v) is 5.00. The van der Waals surface area contributed by atoms with Gasteiger partial charge in [0.1, 0.15) is 18.7 Å². The molecule has 4 aromatic rings. The second-order valence-electron chi connectivity index (χ2n) is 10.6. The quantitative estimate of drug-likeness (QED) is 0.174. The molecule has 0 aliphatic rings. The lowest BCUT2D eigenvalue weighted by Gasteiger charge is -2.13. The van der Waals surface area contributed by atoms with E-state index in [0.717, 1.165) is 53.4 Å². The molecule has 10 heteroatoms. The minimum absolute atomic E-state index is 0.0195. The Morgan fingerprint density at radius 3 is 2.47 bits per heavy atom. The smallest absolute Gasteiger partial charge is 0.329 e. The minimum Gasteiger partial charge on any atom is -0.329 e. The molecule has 4 rings (SSSR count). The van der Waals surface area contributed by atoms with Crippen LogP contribution in [0.25, 0.3) is 27.8 Å². The van der Waals surface area contributed by atoms with Crippen LogP contribution < -0.4 is 10.6 Å². The first kappa shape index (κ1) is 31.3. The summed E-state index contributed by atoms with van der Waals surface area (Å²) in [7, 11) is 0. The van der Waals surface area contributed by atoms with Crippen LogP contribution in [0.3, 0.4) is 0 Å². The molecular weight excluding hydrogens is 555 g/mol. The molecule has 1 aromatic heterocycles. The van der Waals surface area contributed by atoms with Crippen LogP contribution in [0, 0.1) is 17.2 Å². The van der Waals surface area contributed by atoms with E-state index in [1.165, 1.54) is 0 Å². The number of alkyl halides is 3. The van der Waals surface area contributed by atoms with E-state index in [9.17, 15) is 28.0 Å². The van der Waals surface area contributed by atoms with Crippen molar-refractivity contribution in [2.75, 3.05) is 11.9 Å². The molecule has 0 aliphatic carbocycles. The average molecular weight is 590 g/mol. The number of fused-ring (bicyclic) bond motifs is 1. The maximum absolute atomic E-state index is 12.8. The number of Topliss-reactive ketones (excluding diaryl/α,β-unsaturated/α-hetero) is 1. The van der Waals surface area contributed by atoms with Crippen LogP contribution in [0.1, 0.15) is 57.4 Å². The molecule has 2 N–H and O–H groups in total. The van der Waals surface area contributed by atoms with E-state index in [4.69, 9.17) is 0 Å². The highest BCUT2D eigenvalue weighted by Gasteiger charge is 2.27. The summed E-state index contributed by atoms with van der Waals surface area (Å²) in [4.78, 5) is 29.2. The first-order valence-electron chi connectivity index (χ1n) is 14.3. The molecule has 0 fully saturated rings. The monoisotopic (exact) mass is 589 g/mol. The molecule has 0 aliphatic heterocycles. The first-order valence-corrected chi connectivity index (χ1v) is 14.3. The number of benzene rings is 3. The van der Waals surface area contributed by atoms with Crippen LogP contribution in [0.4, 0.5) is 23.7 Å². The lowest BCUT2D eigenvalue weighted by Crippen LogP contribution is -2.36. The molecule has 43 heavy (non-hydrogen) atoms. The number of hydrogen-bond acceptors (Lipinski definition) is 4. The third-order valence-electron chi connectivity index (χ3n) is 7.40. The lowest BCUT2D eigenvalue weighted by molar-refractivity contribution is -0.122. The van der Waals surface area contributed by atoms with E-state index in [1.807, 2.05) is 60.0 Å². The van der Waals surface area contributed by atoms with Crippen LogP contribution in [0.2, 0.25) is 0 Å². The summed E-state index contributed by atoms with van der Waals surface area (Å²) in [5.41, 5.74) is 5.46. The number of carbonyl (C=O) groups is 2. The standard InChI is InChI=1S/C33H34F3N5O2/c1-3-6-23(19-37)7-4-10-31(42)22(2)24-11-13-25(14-12-24)26-15-16-30-29(17-26)39-21-41(30)28-9-5-8-27(18-28)40-32(43)38-20-33(34,35)36/h5,8-9,11-18,21-23H,3-4,6-7,10,20H2,1-2H3,(H2,38,40,43). The maximum atomic E-state index is 12.8. The Morgan fingerprint density at radius 1 is 1.02 bits per heavy atom. The van der Waals surface area contributed by atoms with Gasteiger partial charge in [0.05, 0.1) is 17.1 Å². The van der Waals surface area contributed by atoms with Crippen LogP contribution >= 0.6 is 0 Å². The molecule has 224 valence electrons. The Bertz CT molecular complexity index is 1610. The summed E-state index contributed by atoms with van der Waals surface area (Å²) >= 11 is 0. The summed E-state index contributed by atoms with van der Waals surface area (Å²) in [6, 6.07) is 21.9. The van der Waals surface area contributed by atoms with E-state index in [2.05, 4.69) is 23.3 Å². The Morgan fingerprint density at radius 2 is 1.77 bits per heavy atom. The number of hydrogen-bond donors (Lipinski definition) is 2. The van der Waals surface area contributed by atoms with Crippen molar-refractivity contribution in [2.45, 2.75) is 58.0 Å². The SMILES string of the molecule is CCCC(C#N)CCCC(=O)C(C)c1ccc(-c2ccc3c(c2)ncn3-c2cccc(NC(=O)NCC(F)(F)F)c2)cc1. The highest BCUT2D eigenvalue weighted by molar-refractivity contribution is 5.90. The van der Waals surface area contributed by atoms with Crippen molar-refractivity contribution in [1.82, 2.24) is 14.9 Å². The fraction of sp³-hybridized carbons (Fsp3) is 0.333. The molecule has 2 atom stereocenters. The normalized spacial score (nSPS) is 12.8. The van der Waals surface area contributed by atoms with Gasteiger partial charge in [0.15, 0.2) is 0 Å². The zero-order valence-corrected chi connectivity index (χ0v) is 24.1. The Balaban J connectivity index is 1.42. The van der Waals surface area contributed by atoms with Crippen LogP contribution in [-0.4, -0.2) is 34.1 Å². The number of imidazole rings is 1. The van der Waals surface area contributed by atoms with Gasteiger partial charge < -0.3 is 10.6 Å². The summed E-state index contributed by atoms with van der Waals surface area (Å²) in [5.74, 6) is -0.0277. The predicted molar refractivity (Wildman–Crippen MR) is 161 cm³/mol. The predicted octanol–water partition coefficient (Wildman–Crippen LogP) is 8.16. The van der Waals surface area contributed by atoms with Crippen LogP contribution in [0.15, 0.2) is 73.1 Å². The van der Waals surface area contributed by atoms with Crippen molar-refractivity contribution in [3.05, 3.63) is 78.6 Å². The molecule has 2 unspecified atom stereocenters. The van der Waals surface area contributed by atoms with Gasteiger partial charge in [0.2, 0.25) is 0 Å². The highest BCUT2D eigenvalue weighted by Crippen LogP contribution is 2.28. The van der Waals surface area contributed by atoms with E-state index < -0.39 is 18.8 Å². The van der Waals surface area contributed by atoms with E-state index in [1.54, 1.807) is 29.8 Å². The number of aromatic nitrogens is 2. The van der Waals surface area contributed by atoms with Gasteiger partial charge in [-0.1, -0.05) is 56.7 Å².